The number of pyridine rings is 1. The summed E-state index contributed by atoms with van der Waals surface area (Å²) in [5.41, 5.74) is 1.48. The van der Waals surface area contributed by atoms with Crippen molar-refractivity contribution in [3.63, 3.8) is 0 Å². The molecule has 2 heterocycles. The molecule has 2 aromatic heterocycles. The van der Waals surface area contributed by atoms with Gasteiger partial charge in [0.1, 0.15) is 5.82 Å². The number of nitrogens with zero attached hydrogens (tertiary/aromatic N) is 3. The maximum Gasteiger partial charge on any atom is 0.259 e. The molecule has 0 spiro atoms. The fourth-order valence-corrected chi connectivity index (χ4v) is 2.37. The van der Waals surface area contributed by atoms with E-state index in [4.69, 9.17) is 20.9 Å². The van der Waals surface area contributed by atoms with Crippen molar-refractivity contribution in [3.05, 3.63) is 47.6 Å². The van der Waals surface area contributed by atoms with Gasteiger partial charge in [-0.25, -0.2) is 4.98 Å². The number of halogens is 1. The molecule has 25 heavy (non-hydrogen) atoms. The average molecular weight is 361 g/mol. The summed E-state index contributed by atoms with van der Waals surface area (Å²) in [4.78, 5) is 8.64. The van der Waals surface area contributed by atoms with E-state index in [2.05, 4.69) is 20.4 Å². The Morgan fingerprint density at radius 2 is 2.16 bits per heavy atom. The van der Waals surface area contributed by atoms with E-state index in [0.29, 0.717) is 34.7 Å². The highest BCUT2D eigenvalue weighted by molar-refractivity contribution is 6.30. The Hall–Kier alpha value is -2.48. The van der Waals surface area contributed by atoms with Gasteiger partial charge in [0.2, 0.25) is 5.82 Å². The van der Waals surface area contributed by atoms with Gasteiger partial charge in [-0.2, -0.15) is 4.98 Å². The highest BCUT2D eigenvalue weighted by Gasteiger charge is 2.11. The summed E-state index contributed by atoms with van der Waals surface area (Å²) in [5, 5.41) is 17.2. The number of anilines is 1. The molecule has 1 aromatic carbocycles. The van der Waals surface area contributed by atoms with Gasteiger partial charge in [-0.1, -0.05) is 28.9 Å². The van der Waals surface area contributed by atoms with Crippen LogP contribution in [0.15, 0.2) is 47.1 Å². The molecule has 3 aromatic rings. The smallest absolute Gasteiger partial charge is 0.259 e. The first-order valence-electron chi connectivity index (χ1n) is 7.62. The Kier molecular flexibility index (Phi) is 5.60. The molecule has 0 aliphatic rings. The molecule has 130 valence electrons. The van der Waals surface area contributed by atoms with Crippen LogP contribution in [-0.2, 0) is 4.74 Å². The maximum absolute atomic E-state index is 9.62. The molecular formula is C17H17ClN4O3. The molecule has 0 bridgehead atoms. The molecule has 7 nitrogen and oxygen atoms in total. The zero-order valence-corrected chi connectivity index (χ0v) is 14.3. The van der Waals surface area contributed by atoms with Crippen molar-refractivity contribution in [2.24, 2.45) is 0 Å². The fraction of sp³-hybridized carbons (Fsp3) is 0.235. The van der Waals surface area contributed by atoms with Crippen molar-refractivity contribution in [2.45, 2.75) is 6.10 Å². The van der Waals surface area contributed by atoms with Crippen LogP contribution in [0, 0.1) is 0 Å². The summed E-state index contributed by atoms with van der Waals surface area (Å²) in [6.45, 7) is 0.610. The zero-order valence-electron chi connectivity index (χ0n) is 13.5. The van der Waals surface area contributed by atoms with Crippen molar-refractivity contribution in [3.8, 4) is 22.8 Å². The molecule has 3 rings (SSSR count). The highest BCUT2D eigenvalue weighted by atomic mass is 35.5. The normalized spacial score (nSPS) is 12.1. The van der Waals surface area contributed by atoms with Crippen molar-refractivity contribution in [1.29, 1.82) is 0 Å². The van der Waals surface area contributed by atoms with Gasteiger partial charge >= 0.3 is 0 Å². The van der Waals surface area contributed by atoms with Gasteiger partial charge in [-0.15, -0.1) is 0 Å². The lowest BCUT2D eigenvalue weighted by molar-refractivity contribution is 0.0727. The van der Waals surface area contributed by atoms with E-state index in [9.17, 15) is 5.11 Å². The van der Waals surface area contributed by atoms with Crippen LogP contribution in [0.3, 0.4) is 0 Å². The lowest BCUT2D eigenvalue weighted by atomic mass is 10.2. The van der Waals surface area contributed by atoms with Gasteiger partial charge in [0.25, 0.3) is 5.89 Å². The first kappa shape index (κ1) is 17.3. The number of hydrogen-bond donors (Lipinski definition) is 2. The minimum Gasteiger partial charge on any atom is -0.389 e. The lowest BCUT2D eigenvalue weighted by Gasteiger charge is -2.10. The molecule has 0 saturated carbocycles. The summed E-state index contributed by atoms with van der Waals surface area (Å²) in [6.07, 6.45) is 1.03. The number of benzene rings is 1. The fourth-order valence-electron chi connectivity index (χ4n) is 2.18. The first-order chi connectivity index (χ1) is 12.2. The molecular weight excluding hydrogens is 344 g/mol. The molecule has 0 radical (unpaired) electrons. The van der Waals surface area contributed by atoms with Crippen LogP contribution in [0.25, 0.3) is 22.8 Å². The number of methoxy groups -OCH3 is 1. The molecule has 0 aliphatic carbocycles. The van der Waals surface area contributed by atoms with Crippen LogP contribution in [0.5, 0.6) is 0 Å². The Balaban J connectivity index is 1.68. The number of ether oxygens (including phenoxy) is 1. The van der Waals surface area contributed by atoms with Crippen LogP contribution < -0.4 is 5.32 Å². The zero-order chi connectivity index (χ0) is 17.6. The Bertz CT molecular complexity index is 823. The van der Waals surface area contributed by atoms with E-state index in [1.54, 1.807) is 24.4 Å². The summed E-state index contributed by atoms with van der Waals surface area (Å²) < 4.78 is 10.2. The molecule has 8 heteroatoms. The van der Waals surface area contributed by atoms with Crippen LogP contribution >= 0.6 is 11.6 Å². The van der Waals surface area contributed by atoms with E-state index in [1.165, 1.54) is 7.11 Å². The minimum absolute atomic E-state index is 0.263. The van der Waals surface area contributed by atoms with Crippen molar-refractivity contribution < 1.29 is 14.4 Å². The van der Waals surface area contributed by atoms with Crippen molar-refractivity contribution in [1.82, 2.24) is 15.1 Å². The van der Waals surface area contributed by atoms with Gasteiger partial charge in [-0.3, -0.25) is 0 Å². The number of aromatic nitrogens is 3. The number of rotatable bonds is 7. The van der Waals surface area contributed by atoms with Crippen LogP contribution in [-0.4, -0.2) is 46.6 Å². The molecule has 0 saturated heterocycles. The van der Waals surface area contributed by atoms with Gasteiger partial charge in [0, 0.05) is 30.4 Å². The van der Waals surface area contributed by atoms with Crippen LogP contribution in [0.2, 0.25) is 5.02 Å². The largest absolute Gasteiger partial charge is 0.389 e. The second-order valence-electron chi connectivity index (χ2n) is 5.36. The number of aliphatic hydroxyl groups excluding tert-OH is 1. The van der Waals surface area contributed by atoms with Crippen LogP contribution in [0.1, 0.15) is 0 Å². The minimum atomic E-state index is -0.595. The van der Waals surface area contributed by atoms with Crippen molar-refractivity contribution >= 4 is 17.4 Å². The SMILES string of the molecule is COCC(O)CNc1ccc(-c2nc(-c3cccc(Cl)c3)no2)cn1. The van der Waals surface area contributed by atoms with Crippen LogP contribution in [0.4, 0.5) is 5.82 Å². The van der Waals surface area contributed by atoms with E-state index >= 15 is 0 Å². The van der Waals surface area contributed by atoms with E-state index in [1.807, 2.05) is 18.2 Å². The summed E-state index contributed by atoms with van der Waals surface area (Å²) in [6, 6.07) is 10.8. The average Bonchev–Trinajstić information content (AvgIpc) is 3.11. The van der Waals surface area contributed by atoms with Gasteiger partial charge in [-0.05, 0) is 24.3 Å². The predicted molar refractivity (Wildman–Crippen MR) is 94.3 cm³/mol. The highest BCUT2D eigenvalue weighted by Crippen LogP contribution is 2.24. The summed E-state index contributed by atoms with van der Waals surface area (Å²) in [7, 11) is 1.54. The van der Waals surface area contributed by atoms with E-state index in [0.717, 1.165) is 5.56 Å². The van der Waals surface area contributed by atoms with Crippen molar-refractivity contribution in [2.75, 3.05) is 25.6 Å². The second-order valence-corrected chi connectivity index (χ2v) is 5.79. The first-order valence-corrected chi connectivity index (χ1v) is 8.00. The Morgan fingerprint density at radius 1 is 1.28 bits per heavy atom. The Morgan fingerprint density at radius 3 is 2.88 bits per heavy atom. The van der Waals surface area contributed by atoms with Gasteiger partial charge < -0.3 is 19.7 Å². The summed E-state index contributed by atoms with van der Waals surface area (Å²) in [5.74, 6) is 1.46. The monoisotopic (exact) mass is 360 g/mol. The van der Waals surface area contributed by atoms with E-state index in [-0.39, 0.29) is 6.61 Å². The molecule has 0 amide bonds. The molecule has 1 atom stereocenters. The Labute approximate surface area is 149 Å². The number of nitrogens with one attached hydrogen (secondary N) is 1. The van der Waals surface area contributed by atoms with Gasteiger partial charge in [0.15, 0.2) is 0 Å². The third-order valence-electron chi connectivity index (χ3n) is 3.40. The standard InChI is InChI=1S/C17H17ClN4O3/c1-24-10-14(23)9-20-15-6-5-12(8-19-15)17-21-16(22-25-17)11-3-2-4-13(18)7-11/h2-8,14,23H,9-10H2,1H3,(H,19,20). The molecule has 0 fully saturated rings. The molecule has 0 aliphatic heterocycles. The van der Waals surface area contributed by atoms with E-state index < -0.39 is 6.10 Å². The predicted octanol–water partition coefficient (Wildman–Crippen LogP) is 2.87. The maximum atomic E-state index is 9.62. The lowest BCUT2D eigenvalue weighted by Crippen LogP contribution is -2.24. The summed E-state index contributed by atoms with van der Waals surface area (Å²) >= 11 is 5.98. The molecule has 1 unspecified atom stereocenters. The number of hydrogen-bond acceptors (Lipinski definition) is 7. The second kappa shape index (κ2) is 8.06. The number of aliphatic hydroxyl groups is 1. The molecule has 2 N–H and O–H groups in total. The topological polar surface area (TPSA) is 93.3 Å². The van der Waals surface area contributed by atoms with Gasteiger partial charge in [0.05, 0.1) is 18.3 Å². The third-order valence-corrected chi connectivity index (χ3v) is 3.63. The third kappa shape index (κ3) is 4.54. The quantitative estimate of drug-likeness (QED) is 0.669.